The summed E-state index contributed by atoms with van der Waals surface area (Å²) >= 11 is 12.1. The molecule has 0 fully saturated rings. The van der Waals surface area contributed by atoms with Crippen molar-refractivity contribution in [2.24, 2.45) is 0 Å². The lowest BCUT2D eigenvalue weighted by atomic mass is 9.96. The van der Waals surface area contributed by atoms with Crippen LogP contribution in [0.5, 0.6) is 0 Å². The number of rotatable bonds is 2. The number of methoxy groups -OCH3 is 1. The van der Waals surface area contributed by atoms with Crippen LogP contribution in [0.1, 0.15) is 18.5 Å². The Labute approximate surface area is 136 Å². The molecule has 6 nitrogen and oxygen atoms in total. The largest absolute Gasteiger partial charge is 0.466 e. The third-order valence-electron chi connectivity index (χ3n) is 3.46. The van der Waals surface area contributed by atoms with Crippen molar-refractivity contribution in [2.45, 2.75) is 13.0 Å². The molecule has 8 heteroatoms. The molecular weight excluding hydrogens is 327 g/mol. The molecule has 1 N–H and O–H groups in total. The highest BCUT2D eigenvalue weighted by Gasteiger charge is 2.34. The van der Waals surface area contributed by atoms with Gasteiger partial charge in [-0.15, -0.1) is 0 Å². The van der Waals surface area contributed by atoms with Gasteiger partial charge in [-0.2, -0.15) is 10.1 Å². The van der Waals surface area contributed by atoms with E-state index in [-0.39, 0.29) is 0 Å². The number of aromatic nitrogens is 3. The minimum Gasteiger partial charge on any atom is -0.466 e. The molecule has 2 heterocycles. The maximum Gasteiger partial charge on any atom is 0.338 e. The topological polar surface area (TPSA) is 69.0 Å². The van der Waals surface area contributed by atoms with Crippen LogP contribution in [0, 0.1) is 0 Å². The lowest BCUT2D eigenvalue weighted by Gasteiger charge is -2.28. The molecule has 1 aliphatic heterocycles. The first-order valence-corrected chi connectivity index (χ1v) is 7.19. The molecule has 0 saturated carbocycles. The normalized spacial score (nSPS) is 17.0. The van der Waals surface area contributed by atoms with Crippen molar-refractivity contribution < 1.29 is 9.53 Å². The number of anilines is 1. The van der Waals surface area contributed by atoms with Gasteiger partial charge in [-0.25, -0.2) is 9.48 Å². The zero-order valence-electron chi connectivity index (χ0n) is 11.8. The van der Waals surface area contributed by atoms with Crippen molar-refractivity contribution in [3.05, 3.63) is 51.4 Å². The van der Waals surface area contributed by atoms with E-state index in [1.165, 1.54) is 13.4 Å². The average molecular weight is 339 g/mol. The number of carbonyl (C=O) groups is 1. The fourth-order valence-electron chi connectivity index (χ4n) is 2.46. The lowest BCUT2D eigenvalue weighted by molar-refractivity contribution is -0.136. The van der Waals surface area contributed by atoms with Crippen LogP contribution in [0.3, 0.4) is 0 Å². The molecule has 0 radical (unpaired) electrons. The molecule has 1 aromatic carbocycles. The van der Waals surface area contributed by atoms with Gasteiger partial charge in [0.2, 0.25) is 5.95 Å². The molecule has 0 spiro atoms. The minimum atomic E-state index is -0.485. The van der Waals surface area contributed by atoms with Crippen LogP contribution in [0.4, 0.5) is 5.95 Å². The first-order valence-electron chi connectivity index (χ1n) is 6.43. The average Bonchev–Trinajstić information content (AvgIpc) is 2.95. The third kappa shape index (κ3) is 2.34. The first kappa shape index (κ1) is 14.9. The number of hydrogen-bond acceptors (Lipinski definition) is 5. The number of nitrogens with zero attached hydrogens (tertiary/aromatic N) is 3. The molecule has 0 saturated heterocycles. The number of fused-ring (bicyclic) bond motifs is 1. The van der Waals surface area contributed by atoms with Crippen LogP contribution in [0.2, 0.25) is 10.0 Å². The number of benzene rings is 1. The number of allylic oxidation sites excluding steroid dienone is 1. The summed E-state index contributed by atoms with van der Waals surface area (Å²) in [4.78, 5) is 16.3. The molecule has 2 aromatic rings. The van der Waals surface area contributed by atoms with E-state index in [2.05, 4.69) is 15.4 Å². The van der Waals surface area contributed by atoms with Gasteiger partial charge < -0.3 is 10.1 Å². The Hall–Kier alpha value is -2.05. The number of ether oxygens (including phenoxy) is 1. The highest BCUT2D eigenvalue weighted by molar-refractivity contribution is 6.42. The summed E-state index contributed by atoms with van der Waals surface area (Å²) in [5, 5.41) is 8.08. The van der Waals surface area contributed by atoms with Crippen LogP contribution in [0.15, 0.2) is 35.8 Å². The molecule has 3 rings (SSSR count). The minimum absolute atomic E-state index is 0.404. The number of esters is 1. The molecule has 22 heavy (non-hydrogen) atoms. The van der Waals surface area contributed by atoms with Crippen molar-refractivity contribution in [1.82, 2.24) is 14.8 Å². The SMILES string of the molecule is COC(=O)C1=C(C)Nc2ncnn2C1c1ccc(Cl)c(Cl)c1. The number of nitrogens with one attached hydrogen (secondary N) is 1. The van der Waals surface area contributed by atoms with Crippen LogP contribution in [-0.2, 0) is 9.53 Å². The van der Waals surface area contributed by atoms with E-state index < -0.39 is 12.0 Å². The maximum absolute atomic E-state index is 12.2. The van der Waals surface area contributed by atoms with Gasteiger partial charge in [0.1, 0.15) is 12.4 Å². The Bertz CT molecular complexity index is 785. The van der Waals surface area contributed by atoms with Crippen molar-refractivity contribution in [3.63, 3.8) is 0 Å². The van der Waals surface area contributed by atoms with E-state index in [1.807, 2.05) is 0 Å². The quantitative estimate of drug-likeness (QED) is 0.852. The highest BCUT2D eigenvalue weighted by Crippen LogP contribution is 2.37. The van der Waals surface area contributed by atoms with Gasteiger partial charge in [-0.05, 0) is 24.6 Å². The summed E-state index contributed by atoms with van der Waals surface area (Å²) in [5.41, 5.74) is 1.87. The molecular formula is C14H12Cl2N4O2. The first-order chi connectivity index (χ1) is 10.5. The predicted octanol–water partition coefficient (Wildman–Crippen LogP) is 3.05. The van der Waals surface area contributed by atoms with E-state index >= 15 is 0 Å². The van der Waals surface area contributed by atoms with Crippen LogP contribution in [0.25, 0.3) is 0 Å². The molecule has 0 amide bonds. The van der Waals surface area contributed by atoms with E-state index in [9.17, 15) is 4.79 Å². The second kappa shape index (κ2) is 5.62. The summed E-state index contributed by atoms with van der Waals surface area (Å²) in [5.74, 6) is 0.100. The van der Waals surface area contributed by atoms with Crippen molar-refractivity contribution in [2.75, 3.05) is 12.4 Å². The molecule has 114 valence electrons. The van der Waals surface area contributed by atoms with E-state index in [0.717, 1.165) is 5.56 Å². The van der Waals surface area contributed by atoms with Gasteiger partial charge in [-0.3, -0.25) is 0 Å². The van der Waals surface area contributed by atoms with Gasteiger partial charge in [0.15, 0.2) is 0 Å². The Morgan fingerprint density at radius 2 is 2.14 bits per heavy atom. The smallest absolute Gasteiger partial charge is 0.338 e. The third-order valence-corrected chi connectivity index (χ3v) is 4.20. The van der Waals surface area contributed by atoms with Crippen LogP contribution >= 0.6 is 23.2 Å². The van der Waals surface area contributed by atoms with Crippen LogP contribution < -0.4 is 5.32 Å². The molecule has 1 atom stereocenters. The number of hydrogen-bond donors (Lipinski definition) is 1. The van der Waals surface area contributed by atoms with Gasteiger partial charge in [0.25, 0.3) is 0 Å². The lowest BCUT2D eigenvalue weighted by Crippen LogP contribution is -2.29. The molecule has 0 bridgehead atoms. The van der Waals surface area contributed by atoms with Crippen molar-refractivity contribution in [3.8, 4) is 0 Å². The van der Waals surface area contributed by atoms with Crippen LogP contribution in [-0.4, -0.2) is 27.8 Å². The van der Waals surface area contributed by atoms with Crippen molar-refractivity contribution >= 4 is 35.1 Å². The second-order valence-electron chi connectivity index (χ2n) is 4.76. The second-order valence-corrected chi connectivity index (χ2v) is 5.57. The zero-order valence-corrected chi connectivity index (χ0v) is 13.3. The molecule has 1 aromatic heterocycles. The highest BCUT2D eigenvalue weighted by atomic mass is 35.5. The number of halogens is 2. The van der Waals surface area contributed by atoms with Gasteiger partial charge in [0.05, 0.1) is 22.7 Å². The van der Waals surface area contributed by atoms with E-state index in [4.69, 9.17) is 27.9 Å². The monoisotopic (exact) mass is 338 g/mol. The predicted molar refractivity (Wildman–Crippen MR) is 83.0 cm³/mol. The summed E-state index contributed by atoms with van der Waals surface area (Å²) in [6, 6.07) is 4.70. The Morgan fingerprint density at radius 1 is 1.36 bits per heavy atom. The fourth-order valence-corrected chi connectivity index (χ4v) is 2.76. The van der Waals surface area contributed by atoms with Crippen molar-refractivity contribution in [1.29, 1.82) is 0 Å². The van der Waals surface area contributed by atoms with E-state index in [1.54, 1.807) is 29.8 Å². The summed E-state index contributed by atoms with van der Waals surface area (Å²) in [6.07, 6.45) is 1.42. The Balaban J connectivity index is 2.20. The molecule has 0 aliphatic carbocycles. The zero-order chi connectivity index (χ0) is 15.9. The van der Waals surface area contributed by atoms with Gasteiger partial charge >= 0.3 is 5.97 Å². The fraction of sp³-hybridized carbons (Fsp3) is 0.214. The van der Waals surface area contributed by atoms with Gasteiger partial charge in [-0.1, -0.05) is 29.3 Å². The standard InChI is InChI=1S/C14H12Cl2N4O2/c1-7-11(13(21)22-2)12(20-14(19-7)17-6-18-20)8-3-4-9(15)10(16)5-8/h3-6,12H,1-2H3,(H,17,18,19). The summed E-state index contributed by atoms with van der Waals surface area (Å²) in [7, 11) is 1.34. The van der Waals surface area contributed by atoms with E-state index in [0.29, 0.717) is 27.3 Å². The number of carbonyl (C=O) groups excluding carboxylic acids is 1. The van der Waals surface area contributed by atoms with Gasteiger partial charge in [0, 0.05) is 5.70 Å². The maximum atomic E-state index is 12.2. The molecule has 1 aliphatic rings. The summed E-state index contributed by atoms with van der Waals surface area (Å²) < 4.78 is 6.51. The Morgan fingerprint density at radius 3 is 2.82 bits per heavy atom. The molecule has 1 unspecified atom stereocenters. The summed E-state index contributed by atoms with van der Waals surface area (Å²) in [6.45, 7) is 1.79. The Kier molecular flexibility index (Phi) is 3.80.